The second kappa shape index (κ2) is 7.31. The molecule has 3 rings (SSSR count). The van der Waals surface area contributed by atoms with Gasteiger partial charge in [0.15, 0.2) is 5.16 Å². The molecule has 132 valence electrons. The number of carbonyl (C=O) groups excluding carboxylic acids is 1. The summed E-state index contributed by atoms with van der Waals surface area (Å²) in [4.78, 5) is 29.4. The number of nitrogens with one attached hydrogen (secondary N) is 1. The van der Waals surface area contributed by atoms with Crippen LogP contribution >= 0.6 is 11.8 Å². The van der Waals surface area contributed by atoms with Crippen LogP contribution in [-0.2, 0) is 4.79 Å². The maximum atomic E-state index is 12.4. The van der Waals surface area contributed by atoms with Gasteiger partial charge in [0.25, 0.3) is 5.56 Å². The number of methoxy groups -OCH3 is 1. The predicted molar refractivity (Wildman–Crippen MR) is 98.6 cm³/mol. The van der Waals surface area contributed by atoms with Gasteiger partial charge in [-0.05, 0) is 18.1 Å². The fraction of sp³-hybridized carbons (Fsp3) is 0.389. The van der Waals surface area contributed by atoms with Gasteiger partial charge < -0.3 is 10.1 Å². The first-order chi connectivity index (χ1) is 12.0. The minimum absolute atomic E-state index is 0.0891. The highest BCUT2D eigenvalue weighted by molar-refractivity contribution is 7.99. The Balaban J connectivity index is 1.76. The third kappa shape index (κ3) is 3.71. The molecule has 0 fully saturated rings. The van der Waals surface area contributed by atoms with Crippen LogP contribution in [0.25, 0.3) is 0 Å². The van der Waals surface area contributed by atoms with Crippen LogP contribution in [0, 0.1) is 0 Å². The summed E-state index contributed by atoms with van der Waals surface area (Å²) in [5, 5.41) is 3.56. The van der Waals surface area contributed by atoms with E-state index >= 15 is 0 Å². The zero-order valence-corrected chi connectivity index (χ0v) is 15.3. The Kier molecular flexibility index (Phi) is 5.13. The Hall–Kier alpha value is -2.28. The molecule has 0 saturated heterocycles. The number of fused-ring (bicyclic) bond motifs is 1. The van der Waals surface area contributed by atoms with Crippen LogP contribution in [0.2, 0.25) is 0 Å². The maximum Gasteiger partial charge on any atom is 0.254 e. The highest BCUT2D eigenvalue weighted by Crippen LogP contribution is 2.33. The zero-order valence-electron chi connectivity index (χ0n) is 14.5. The molecule has 0 spiro atoms. The first-order valence-electron chi connectivity index (χ1n) is 8.18. The lowest BCUT2D eigenvalue weighted by molar-refractivity contribution is -0.116. The molecule has 1 aliphatic rings. The Labute approximate surface area is 150 Å². The number of aromatic nitrogens is 2. The summed E-state index contributed by atoms with van der Waals surface area (Å²) in [5.74, 6) is 1.33. The molecule has 1 atom stereocenters. The van der Waals surface area contributed by atoms with Crippen molar-refractivity contribution in [1.29, 1.82) is 0 Å². The van der Waals surface area contributed by atoms with Crippen molar-refractivity contribution in [3.05, 3.63) is 46.4 Å². The quantitative estimate of drug-likeness (QED) is 0.831. The van der Waals surface area contributed by atoms with Crippen molar-refractivity contribution >= 4 is 23.4 Å². The van der Waals surface area contributed by atoms with Crippen LogP contribution in [0.4, 0.5) is 5.69 Å². The number of para-hydroxylation sites is 2. The number of thioether (sulfide) groups is 1. The molecule has 0 saturated carbocycles. The molecule has 2 aromatic rings. The average molecular weight is 359 g/mol. The molecule has 0 radical (unpaired) electrons. The molecular weight excluding hydrogens is 338 g/mol. The molecule has 1 aromatic heterocycles. The molecule has 1 N–H and O–H groups in total. The number of rotatable bonds is 5. The molecular formula is C18H21N3O3S. The molecule has 7 heteroatoms. The highest BCUT2D eigenvalue weighted by atomic mass is 32.2. The van der Waals surface area contributed by atoms with Gasteiger partial charge in [0.1, 0.15) is 5.75 Å². The number of ether oxygens (including phenoxy) is 1. The van der Waals surface area contributed by atoms with Crippen LogP contribution in [0.15, 0.2) is 40.3 Å². The summed E-state index contributed by atoms with van der Waals surface area (Å²) >= 11 is 1.52. The monoisotopic (exact) mass is 359 g/mol. The van der Waals surface area contributed by atoms with E-state index in [1.54, 1.807) is 29.9 Å². The normalized spacial score (nSPS) is 15.9. The zero-order chi connectivity index (χ0) is 18.0. The van der Waals surface area contributed by atoms with Gasteiger partial charge in [-0.15, -0.1) is 0 Å². The Morgan fingerprint density at radius 1 is 1.44 bits per heavy atom. The third-order valence-corrected chi connectivity index (χ3v) is 5.20. The largest absolute Gasteiger partial charge is 0.495 e. The summed E-state index contributed by atoms with van der Waals surface area (Å²) in [6.45, 7) is 4.02. The van der Waals surface area contributed by atoms with Crippen molar-refractivity contribution in [1.82, 2.24) is 9.55 Å². The number of nitrogens with zero attached hydrogens (tertiary/aromatic N) is 2. The molecule has 1 amide bonds. The van der Waals surface area contributed by atoms with E-state index in [2.05, 4.69) is 10.3 Å². The number of carbonyl (C=O) groups is 1. The van der Waals surface area contributed by atoms with Gasteiger partial charge in [0, 0.05) is 18.2 Å². The van der Waals surface area contributed by atoms with Crippen LogP contribution in [0.5, 0.6) is 5.75 Å². The van der Waals surface area contributed by atoms with E-state index in [9.17, 15) is 9.59 Å². The lowest BCUT2D eigenvalue weighted by Crippen LogP contribution is -2.28. The lowest BCUT2D eigenvalue weighted by Gasteiger charge is -2.15. The number of hydrogen-bond donors (Lipinski definition) is 1. The van der Waals surface area contributed by atoms with Gasteiger partial charge in [-0.25, -0.2) is 4.98 Å². The van der Waals surface area contributed by atoms with E-state index in [1.807, 2.05) is 26.0 Å². The second-order valence-electron chi connectivity index (χ2n) is 6.24. The highest BCUT2D eigenvalue weighted by Gasteiger charge is 2.28. The third-order valence-electron chi connectivity index (χ3n) is 4.10. The first-order valence-corrected chi connectivity index (χ1v) is 9.17. The van der Waals surface area contributed by atoms with Gasteiger partial charge in [0.2, 0.25) is 5.91 Å². The van der Waals surface area contributed by atoms with Gasteiger partial charge in [0.05, 0.1) is 24.5 Å². The van der Waals surface area contributed by atoms with Crippen LogP contribution in [0.1, 0.15) is 37.9 Å². The van der Waals surface area contributed by atoms with Crippen molar-refractivity contribution in [3.8, 4) is 5.75 Å². The summed E-state index contributed by atoms with van der Waals surface area (Å²) in [6.07, 6.45) is 0.223. The molecule has 2 heterocycles. The average Bonchev–Trinajstić information content (AvgIpc) is 2.98. The van der Waals surface area contributed by atoms with Crippen molar-refractivity contribution < 1.29 is 9.53 Å². The standard InChI is InChI=1S/C18H21N3O3S/c1-11(2)14-9-17(23)21-12(10-25-18(21)20-14)8-16(22)19-13-6-4-5-7-15(13)24-3/h4-7,9,11-12H,8,10H2,1-3H3,(H,19,22). The second-order valence-corrected chi connectivity index (χ2v) is 7.23. The SMILES string of the molecule is COc1ccccc1NC(=O)CC1CSc2nc(C(C)C)cc(=O)n21. The Morgan fingerprint density at radius 2 is 2.20 bits per heavy atom. The van der Waals surface area contributed by atoms with E-state index in [0.29, 0.717) is 22.3 Å². The number of benzene rings is 1. The molecule has 1 aromatic carbocycles. The van der Waals surface area contributed by atoms with E-state index in [1.165, 1.54) is 11.8 Å². The van der Waals surface area contributed by atoms with E-state index in [-0.39, 0.29) is 29.8 Å². The topological polar surface area (TPSA) is 73.2 Å². The van der Waals surface area contributed by atoms with E-state index in [0.717, 1.165) is 5.69 Å². The molecule has 0 aliphatic carbocycles. The molecule has 1 aliphatic heterocycles. The molecule has 25 heavy (non-hydrogen) atoms. The predicted octanol–water partition coefficient (Wildman–Crippen LogP) is 3.05. The summed E-state index contributed by atoms with van der Waals surface area (Å²) < 4.78 is 6.88. The van der Waals surface area contributed by atoms with Gasteiger partial charge in [-0.3, -0.25) is 14.2 Å². The van der Waals surface area contributed by atoms with Gasteiger partial charge in [-0.2, -0.15) is 0 Å². The first kappa shape index (κ1) is 17.5. The smallest absolute Gasteiger partial charge is 0.254 e. The minimum Gasteiger partial charge on any atom is -0.495 e. The molecule has 6 nitrogen and oxygen atoms in total. The summed E-state index contributed by atoms with van der Waals surface area (Å²) in [5.41, 5.74) is 1.33. The van der Waals surface area contributed by atoms with E-state index < -0.39 is 0 Å². The number of anilines is 1. The van der Waals surface area contributed by atoms with Crippen molar-refractivity contribution in [2.45, 2.75) is 37.4 Å². The van der Waals surface area contributed by atoms with Crippen molar-refractivity contribution in [2.24, 2.45) is 0 Å². The van der Waals surface area contributed by atoms with Gasteiger partial charge in [-0.1, -0.05) is 37.7 Å². The lowest BCUT2D eigenvalue weighted by atomic mass is 10.1. The summed E-state index contributed by atoms with van der Waals surface area (Å²) in [6, 6.07) is 8.65. The van der Waals surface area contributed by atoms with Crippen molar-refractivity contribution in [2.75, 3.05) is 18.2 Å². The maximum absolute atomic E-state index is 12.4. The summed E-state index contributed by atoms with van der Waals surface area (Å²) in [7, 11) is 1.56. The van der Waals surface area contributed by atoms with Crippen LogP contribution in [0.3, 0.4) is 0 Å². The van der Waals surface area contributed by atoms with Gasteiger partial charge >= 0.3 is 0 Å². The van der Waals surface area contributed by atoms with E-state index in [4.69, 9.17) is 4.74 Å². The number of hydrogen-bond acceptors (Lipinski definition) is 5. The Bertz CT molecular complexity index is 848. The fourth-order valence-electron chi connectivity index (χ4n) is 2.78. The number of amides is 1. The molecule has 0 bridgehead atoms. The molecule has 1 unspecified atom stereocenters. The Morgan fingerprint density at radius 3 is 2.92 bits per heavy atom. The van der Waals surface area contributed by atoms with Crippen molar-refractivity contribution in [3.63, 3.8) is 0 Å². The van der Waals surface area contributed by atoms with Crippen LogP contribution in [-0.4, -0.2) is 28.3 Å². The minimum atomic E-state index is -0.184. The fourth-order valence-corrected chi connectivity index (χ4v) is 3.94. The van der Waals surface area contributed by atoms with Crippen LogP contribution < -0.4 is 15.6 Å².